The smallest absolute Gasteiger partial charge is 0.284 e. The number of amides is 1. The van der Waals surface area contributed by atoms with Crippen LogP contribution in [0.5, 0.6) is 0 Å². The molecule has 34 heavy (non-hydrogen) atoms. The van der Waals surface area contributed by atoms with Gasteiger partial charge in [0.1, 0.15) is 16.9 Å². The van der Waals surface area contributed by atoms with Gasteiger partial charge in [0.2, 0.25) is 0 Å². The molecule has 1 saturated heterocycles. The van der Waals surface area contributed by atoms with Gasteiger partial charge in [-0.2, -0.15) is 5.10 Å². The number of hydrogen-bond acceptors (Lipinski definition) is 6. The summed E-state index contributed by atoms with van der Waals surface area (Å²) in [7, 11) is -3.53. The zero-order valence-electron chi connectivity index (χ0n) is 18.9. The van der Waals surface area contributed by atoms with Crippen LogP contribution in [0.15, 0.2) is 60.7 Å². The van der Waals surface area contributed by atoms with Crippen molar-refractivity contribution in [3.8, 4) is 5.69 Å². The Morgan fingerprint density at radius 3 is 2.53 bits per heavy atom. The third kappa shape index (κ3) is 5.18. The third-order valence-corrected chi connectivity index (χ3v) is 7.86. The first-order chi connectivity index (χ1) is 16.2. The van der Waals surface area contributed by atoms with E-state index in [1.165, 1.54) is 4.68 Å². The molecule has 2 heterocycles. The van der Waals surface area contributed by atoms with Gasteiger partial charge in [-0.15, -0.1) is 0 Å². The van der Waals surface area contributed by atoms with Crippen molar-refractivity contribution in [3.05, 3.63) is 83.2 Å². The van der Waals surface area contributed by atoms with Gasteiger partial charge < -0.3 is 5.73 Å². The van der Waals surface area contributed by atoms with Crippen LogP contribution in [-0.4, -0.2) is 46.9 Å². The summed E-state index contributed by atoms with van der Waals surface area (Å²) in [6.45, 7) is 2.23. The van der Waals surface area contributed by atoms with Crippen LogP contribution in [-0.2, 0) is 15.6 Å². The Morgan fingerprint density at radius 1 is 1.15 bits per heavy atom. The lowest BCUT2D eigenvalue weighted by molar-refractivity contribution is 0.0695. The molecule has 0 aliphatic carbocycles. The second kappa shape index (κ2) is 9.78. The number of sulfone groups is 1. The van der Waals surface area contributed by atoms with Gasteiger partial charge in [0.25, 0.3) is 5.91 Å². The molecule has 0 radical (unpaired) electrons. The number of hydrazine groups is 1. The molecule has 2 aromatic carbocycles. The summed E-state index contributed by atoms with van der Waals surface area (Å²) in [4.78, 5) is 13.3. The number of nitrogen functional groups attached to an aromatic ring is 1. The van der Waals surface area contributed by atoms with Crippen molar-refractivity contribution in [1.82, 2.24) is 20.2 Å². The fraction of sp³-hybridized carbons (Fsp3) is 0.292. The van der Waals surface area contributed by atoms with E-state index in [1.807, 2.05) is 18.2 Å². The minimum atomic E-state index is -3.53. The van der Waals surface area contributed by atoms with Gasteiger partial charge in [-0.1, -0.05) is 30.3 Å². The maximum atomic E-state index is 13.3. The molecular weight excluding hydrogens is 452 g/mol. The molecule has 9 nitrogen and oxygen atoms in total. The quantitative estimate of drug-likeness (QED) is 0.351. The molecule has 1 aromatic heterocycles. The van der Waals surface area contributed by atoms with Crippen LogP contribution in [0.4, 0.5) is 0 Å². The zero-order valence-corrected chi connectivity index (χ0v) is 19.8. The number of carbonyl (C=O) groups is 1. The molecule has 1 atom stereocenters. The molecule has 0 bridgehead atoms. The zero-order chi connectivity index (χ0) is 24.3. The molecule has 4 rings (SSSR count). The Labute approximate surface area is 199 Å². The normalized spacial score (nSPS) is 16.8. The molecule has 1 aliphatic rings. The van der Waals surface area contributed by atoms with E-state index in [0.29, 0.717) is 29.9 Å². The molecule has 178 valence electrons. The highest BCUT2D eigenvalue weighted by Crippen LogP contribution is 2.24. The number of hydrogen-bond donors (Lipinski definition) is 3. The summed E-state index contributed by atoms with van der Waals surface area (Å²) in [5.74, 6) is -0.559. The average molecular weight is 481 g/mol. The number of amidine groups is 1. The summed E-state index contributed by atoms with van der Waals surface area (Å²) in [5.41, 5.74) is 11.2. The molecule has 10 heteroatoms. The summed E-state index contributed by atoms with van der Waals surface area (Å²) >= 11 is 0. The standard InChI is InChI=1S/C24H28N6O3S/c1-17-15-21(30(27-17)20-12-10-19(11-13-20)23(25)26)24(31)28-29-14-6-5-9-22(29)34(32,33)16-18-7-3-2-4-8-18/h2-4,7-8,10-13,15,22H,5-6,9,14,16H2,1H3,(H3,25,26)(H,28,31). The number of nitrogens with zero attached hydrogens (tertiary/aromatic N) is 3. The van der Waals surface area contributed by atoms with Crippen molar-refractivity contribution in [1.29, 1.82) is 5.41 Å². The van der Waals surface area contributed by atoms with Gasteiger partial charge in [-0.25, -0.2) is 18.1 Å². The lowest BCUT2D eigenvalue weighted by Gasteiger charge is -2.35. The second-order valence-electron chi connectivity index (χ2n) is 8.42. The molecule has 1 fully saturated rings. The summed E-state index contributed by atoms with van der Waals surface area (Å²) in [5, 5.41) is 12.7. The molecule has 1 unspecified atom stereocenters. The molecule has 3 aromatic rings. The van der Waals surface area contributed by atoms with Gasteiger partial charge in [0, 0.05) is 12.1 Å². The Hall–Kier alpha value is -3.50. The predicted molar refractivity (Wildman–Crippen MR) is 130 cm³/mol. The fourth-order valence-electron chi connectivity index (χ4n) is 4.13. The van der Waals surface area contributed by atoms with Crippen LogP contribution in [0.25, 0.3) is 5.69 Å². The molecular formula is C24H28N6O3S. The lowest BCUT2D eigenvalue weighted by Crippen LogP contribution is -2.54. The van der Waals surface area contributed by atoms with Crippen molar-refractivity contribution >= 4 is 21.6 Å². The molecule has 4 N–H and O–H groups in total. The van der Waals surface area contributed by atoms with E-state index in [9.17, 15) is 13.2 Å². The first kappa shape index (κ1) is 23.7. The maximum Gasteiger partial charge on any atom is 0.284 e. The summed E-state index contributed by atoms with van der Waals surface area (Å²) in [6, 6.07) is 17.6. The van der Waals surface area contributed by atoms with E-state index >= 15 is 0 Å². The summed E-state index contributed by atoms with van der Waals surface area (Å²) in [6.07, 6.45) is 2.03. The maximum absolute atomic E-state index is 13.3. The van der Waals surface area contributed by atoms with Crippen LogP contribution >= 0.6 is 0 Å². The topological polar surface area (TPSA) is 134 Å². The molecule has 0 spiro atoms. The Bertz CT molecular complexity index is 1290. The van der Waals surface area contributed by atoms with Crippen LogP contribution in [0.1, 0.15) is 46.6 Å². The Morgan fingerprint density at radius 2 is 1.85 bits per heavy atom. The van der Waals surface area contributed by atoms with Gasteiger partial charge >= 0.3 is 0 Å². The lowest BCUT2D eigenvalue weighted by atomic mass is 10.1. The van der Waals surface area contributed by atoms with Crippen LogP contribution < -0.4 is 11.2 Å². The van der Waals surface area contributed by atoms with Crippen LogP contribution in [0.3, 0.4) is 0 Å². The van der Waals surface area contributed by atoms with Gasteiger partial charge in [0.05, 0.1) is 17.1 Å². The Kier molecular flexibility index (Phi) is 6.80. The number of aryl methyl sites for hydroxylation is 1. The van der Waals surface area contributed by atoms with Gasteiger partial charge in [-0.3, -0.25) is 15.6 Å². The van der Waals surface area contributed by atoms with E-state index in [2.05, 4.69) is 10.5 Å². The highest BCUT2D eigenvalue weighted by atomic mass is 32.2. The van der Waals surface area contributed by atoms with E-state index < -0.39 is 21.1 Å². The van der Waals surface area contributed by atoms with Gasteiger partial charge in [-0.05, 0) is 62.1 Å². The number of carbonyl (C=O) groups excluding carboxylic acids is 1. The predicted octanol–water partition coefficient (Wildman–Crippen LogP) is 2.54. The number of nitrogens with two attached hydrogens (primary N) is 1. The minimum Gasteiger partial charge on any atom is -0.384 e. The van der Waals surface area contributed by atoms with Crippen molar-refractivity contribution in [2.75, 3.05) is 6.54 Å². The van der Waals surface area contributed by atoms with Crippen LogP contribution in [0.2, 0.25) is 0 Å². The van der Waals surface area contributed by atoms with Crippen molar-refractivity contribution in [3.63, 3.8) is 0 Å². The highest BCUT2D eigenvalue weighted by molar-refractivity contribution is 7.91. The number of rotatable bonds is 7. The highest BCUT2D eigenvalue weighted by Gasteiger charge is 2.35. The first-order valence-electron chi connectivity index (χ1n) is 11.1. The minimum absolute atomic E-state index is 0.0472. The van der Waals surface area contributed by atoms with E-state index in [0.717, 1.165) is 18.4 Å². The fourth-order valence-corrected chi connectivity index (χ4v) is 6.05. The third-order valence-electron chi connectivity index (χ3n) is 5.81. The van der Waals surface area contributed by atoms with Crippen molar-refractivity contribution in [2.24, 2.45) is 5.73 Å². The van der Waals surface area contributed by atoms with E-state index in [4.69, 9.17) is 11.1 Å². The number of piperidine rings is 1. The second-order valence-corrected chi connectivity index (χ2v) is 10.6. The number of aromatic nitrogens is 2. The Balaban J connectivity index is 1.56. The van der Waals surface area contributed by atoms with Crippen molar-refractivity contribution in [2.45, 2.75) is 37.3 Å². The monoisotopic (exact) mass is 480 g/mol. The van der Waals surface area contributed by atoms with Gasteiger partial charge in [0.15, 0.2) is 9.84 Å². The largest absolute Gasteiger partial charge is 0.384 e. The molecule has 0 saturated carbocycles. The average Bonchev–Trinajstić information content (AvgIpc) is 3.21. The van der Waals surface area contributed by atoms with E-state index in [-0.39, 0.29) is 17.3 Å². The van der Waals surface area contributed by atoms with Crippen molar-refractivity contribution < 1.29 is 13.2 Å². The molecule has 1 amide bonds. The summed E-state index contributed by atoms with van der Waals surface area (Å²) < 4.78 is 28.0. The number of benzene rings is 2. The SMILES string of the molecule is Cc1cc(C(=O)NN2CCCCC2S(=O)(=O)Cc2ccccc2)n(-c2ccc(C(=N)N)cc2)n1. The molecule has 1 aliphatic heterocycles. The first-order valence-corrected chi connectivity index (χ1v) is 12.8. The number of nitrogens with one attached hydrogen (secondary N) is 2. The van der Waals surface area contributed by atoms with E-state index in [1.54, 1.807) is 54.4 Å². The van der Waals surface area contributed by atoms with Crippen LogP contribution in [0, 0.1) is 12.3 Å².